The Hall–Kier alpha value is -3.17. The molecule has 9 heteroatoms. The lowest BCUT2D eigenvalue weighted by molar-refractivity contribution is -0.115. The summed E-state index contributed by atoms with van der Waals surface area (Å²) in [5.74, 6) is -0.145. The van der Waals surface area contributed by atoms with Crippen molar-refractivity contribution in [1.82, 2.24) is 0 Å². The van der Waals surface area contributed by atoms with Crippen LogP contribution in [0.25, 0.3) is 0 Å². The van der Waals surface area contributed by atoms with Gasteiger partial charge in [0.25, 0.3) is 10.0 Å². The Morgan fingerprint density at radius 3 is 2.66 bits per heavy atom. The molecule has 1 aliphatic rings. The highest BCUT2D eigenvalue weighted by molar-refractivity contribution is 8.01. The third-order valence-electron chi connectivity index (χ3n) is 5.08. The molecule has 0 aromatic heterocycles. The molecular formula is C23H22N2O5S2. The summed E-state index contributed by atoms with van der Waals surface area (Å²) in [5.41, 5.74) is 2.53. The maximum atomic E-state index is 12.9. The van der Waals surface area contributed by atoms with Crippen molar-refractivity contribution >= 4 is 39.1 Å². The van der Waals surface area contributed by atoms with E-state index < -0.39 is 10.0 Å². The molecule has 1 atom stereocenters. The maximum Gasteiger partial charge on any atom is 0.262 e. The largest absolute Gasteiger partial charge is 0.506 e. The number of methoxy groups -OCH3 is 1. The van der Waals surface area contributed by atoms with E-state index in [-0.39, 0.29) is 33.2 Å². The van der Waals surface area contributed by atoms with E-state index in [2.05, 4.69) is 10.0 Å². The Morgan fingerprint density at radius 2 is 1.88 bits per heavy atom. The highest BCUT2D eigenvalue weighted by Gasteiger charge is 2.29. The predicted octanol–water partition coefficient (Wildman–Crippen LogP) is 4.17. The van der Waals surface area contributed by atoms with E-state index in [1.165, 1.54) is 37.1 Å². The van der Waals surface area contributed by atoms with Crippen LogP contribution in [0.15, 0.2) is 70.5 Å². The van der Waals surface area contributed by atoms with Gasteiger partial charge in [0.15, 0.2) is 0 Å². The van der Waals surface area contributed by atoms with E-state index in [1.807, 2.05) is 25.1 Å². The molecule has 3 aromatic rings. The molecule has 166 valence electrons. The molecule has 1 amide bonds. The summed E-state index contributed by atoms with van der Waals surface area (Å²) in [5, 5.41) is 12.5. The minimum Gasteiger partial charge on any atom is -0.506 e. The van der Waals surface area contributed by atoms with Crippen LogP contribution in [0.1, 0.15) is 11.1 Å². The second kappa shape index (κ2) is 8.76. The number of hydrogen-bond acceptors (Lipinski definition) is 6. The van der Waals surface area contributed by atoms with Crippen molar-refractivity contribution in [2.45, 2.75) is 28.4 Å². The first-order chi connectivity index (χ1) is 15.3. The number of carbonyl (C=O) groups excluding carboxylic acids is 1. The summed E-state index contributed by atoms with van der Waals surface area (Å²) in [6.45, 7) is 2.00. The van der Waals surface area contributed by atoms with Gasteiger partial charge in [-0.15, -0.1) is 11.8 Å². The molecule has 0 aliphatic carbocycles. The molecule has 1 aliphatic heterocycles. The second-order valence-electron chi connectivity index (χ2n) is 7.40. The van der Waals surface area contributed by atoms with Gasteiger partial charge < -0.3 is 15.2 Å². The zero-order valence-electron chi connectivity index (χ0n) is 17.5. The van der Waals surface area contributed by atoms with Crippen molar-refractivity contribution in [2.75, 3.05) is 17.1 Å². The van der Waals surface area contributed by atoms with Crippen LogP contribution in [0.3, 0.4) is 0 Å². The van der Waals surface area contributed by atoms with E-state index in [0.717, 1.165) is 16.0 Å². The average Bonchev–Trinajstić information content (AvgIpc) is 3.18. The predicted molar refractivity (Wildman–Crippen MR) is 125 cm³/mol. The van der Waals surface area contributed by atoms with Crippen LogP contribution in [0.4, 0.5) is 11.4 Å². The number of carbonyl (C=O) groups is 1. The number of aromatic hydroxyl groups is 1. The number of rotatable bonds is 6. The van der Waals surface area contributed by atoms with E-state index in [0.29, 0.717) is 12.2 Å². The van der Waals surface area contributed by atoms with E-state index >= 15 is 0 Å². The van der Waals surface area contributed by atoms with Gasteiger partial charge in [0.05, 0.1) is 28.6 Å². The standard InChI is InChI=1S/C23H22N2O5S2/c1-14-7-8-15-12-22(31-21(15)11-14)23(27)24-18-13-16(9-10-19(18)26)32(28,29)25-17-5-3-4-6-20(17)30-2/h3-11,13,22,25-26H,12H2,1-2H3,(H,24,27). The lowest BCUT2D eigenvalue weighted by atomic mass is 10.1. The van der Waals surface area contributed by atoms with Crippen LogP contribution in [0, 0.1) is 6.92 Å². The quantitative estimate of drug-likeness (QED) is 0.467. The van der Waals surface area contributed by atoms with Crippen LogP contribution < -0.4 is 14.8 Å². The van der Waals surface area contributed by atoms with Gasteiger partial charge in [-0.2, -0.15) is 0 Å². The summed E-state index contributed by atoms with van der Waals surface area (Å²) >= 11 is 1.46. The highest BCUT2D eigenvalue weighted by Crippen LogP contribution is 2.38. The molecule has 7 nitrogen and oxygen atoms in total. The molecular weight excluding hydrogens is 448 g/mol. The monoisotopic (exact) mass is 470 g/mol. The molecule has 0 saturated heterocycles. The number of anilines is 2. The summed E-state index contributed by atoms with van der Waals surface area (Å²) in [6.07, 6.45) is 0.570. The Morgan fingerprint density at radius 1 is 1.09 bits per heavy atom. The molecule has 0 spiro atoms. The Bertz CT molecular complexity index is 1290. The number of thioether (sulfide) groups is 1. The number of aryl methyl sites for hydroxylation is 1. The number of benzene rings is 3. The molecule has 0 radical (unpaired) electrons. The number of hydrogen-bond donors (Lipinski definition) is 3. The third kappa shape index (κ3) is 4.53. The third-order valence-corrected chi connectivity index (χ3v) is 7.74. The summed E-state index contributed by atoms with van der Waals surface area (Å²) < 4.78 is 33.4. The second-order valence-corrected chi connectivity index (χ2v) is 10.3. The van der Waals surface area contributed by atoms with Crippen LogP contribution >= 0.6 is 11.8 Å². The number of para-hydroxylation sites is 2. The zero-order valence-corrected chi connectivity index (χ0v) is 19.1. The van der Waals surface area contributed by atoms with Crippen LogP contribution in [0.5, 0.6) is 11.5 Å². The van der Waals surface area contributed by atoms with E-state index in [4.69, 9.17) is 4.74 Å². The number of ether oxygens (including phenoxy) is 1. The van der Waals surface area contributed by atoms with Gasteiger partial charge in [-0.3, -0.25) is 9.52 Å². The van der Waals surface area contributed by atoms with Gasteiger partial charge in [-0.25, -0.2) is 8.42 Å². The number of sulfonamides is 1. The summed E-state index contributed by atoms with van der Waals surface area (Å²) in [4.78, 5) is 13.8. The van der Waals surface area contributed by atoms with Crippen LogP contribution in [0.2, 0.25) is 0 Å². The molecule has 0 fully saturated rings. The molecule has 32 heavy (non-hydrogen) atoms. The fourth-order valence-corrected chi connectivity index (χ4v) is 5.80. The highest BCUT2D eigenvalue weighted by atomic mass is 32.2. The smallest absolute Gasteiger partial charge is 0.262 e. The molecule has 1 heterocycles. The molecule has 0 saturated carbocycles. The van der Waals surface area contributed by atoms with Gasteiger partial charge in [0, 0.05) is 4.90 Å². The molecule has 1 unspecified atom stereocenters. The first-order valence-corrected chi connectivity index (χ1v) is 12.2. The summed E-state index contributed by atoms with van der Waals surface area (Å²) in [7, 11) is -2.54. The number of phenols is 1. The minimum atomic E-state index is -3.99. The number of amides is 1. The SMILES string of the molecule is COc1ccccc1NS(=O)(=O)c1ccc(O)c(NC(=O)C2Cc3ccc(C)cc3S2)c1. The number of nitrogens with one attached hydrogen (secondary N) is 2. The van der Waals surface area contributed by atoms with Gasteiger partial charge in [0.2, 0.25) is 5.91 Å². The Labute approximate surface area is 190 Å². The van der Waals surface area contributed by atoms with Crippen LogP contribution in [-0.4, -0.2) is 31.8 Å². The van der Waals surface area contributed by atoms with Gasteiger partial charge in [-0.05, 0) is 55.3 Å². The topological polar surface area (TPSA) is 105 Å². The molecule has 0 bridgehead atoms. The minimum absolute atomic E-state index is 0.0330. The lowest BCUT2D eigenvalue weighted by Gasteiger charge is -2.14. The number of fused-ring (bicyclic) bond motifs is 1. The van der Waals surface area contributed by atoms with Crippen molar-refractivity contribution in [2.24, 2.45) is 0 Å². The number of phenolic OH excluding ortho intramolecular Hbond substituents is 1. The molecule has 3 N–H and O–H groups in total. The normalized spacial score (nSPS) is 15.1. The van der Waals surface area contributed by atoms with E-state index in [9.17, 15) is 18.3 Å². The Kier molecular flexibility index (Phi) is 6.03. The molecule has 3 aromatic carbocycles. The van der Waals surface area contributed by atoms with Gasteiger partial charge >= 0.3 is 0 Å². The van der Waals surface area contributed by atoms with Gasteiger partial charge in [0.1, 0.15) is 11.5 Å². The van der Waals surface area contributed by atoms with Crippen molar-refractivity contribution in [3.63, 3.8) is 0 Å². The fourth-order valence-electron chi connectivity index (χ4n) is 3.41. The van der Waals surface area contributed by atoms with Crippen molar-refractivity contribution in [3.8, 4) is 11.5 Å². The van der Waals surface area contributed by atoms with Crippen LogP contribution in [-0.2, 0) is 21.2 Å². The van der Waals surface area contributed by atoms with Crippen molar-refractivity contribution in [1.29, 1.82) is 0 Å². The summed E-state index contributed by atoms with van der Waals surface area (Å²) in [6, 6.07) is 16.4. The van der Waals surface area contributed by atoms with Crippen molar-refractivity contribution < 1.29 is 23.1 Å². The zero-order chi connectivity index (χ0) is 22.9. The fraction of sp³-hybridized carbons (Fsp3) is 0.174. The van der Waals surface area contributed by atoms with Crippen molar-refractivity contribution in [3.05, 3.63) is 71.8 Å². The maximum absolute atomic E-state index is 12.9. The lowest BCUT2D eigenvalue weighted by Crippen LogP contribution is -2.25. The van der Waals surface area contributed by atoms with E-state index in [1.54, 1.807) is 24.3 Å². The Balaban J connectivity index is 1.53. The average molecular weight is 471 g/mol. The first-order valence-electron chi connectivity index (χ1n) is 9.83. The van der Waals surface area contributed by atoms with Gasteiger partial charge in [-0.1, -0.05) is 29.8 Å². The molecule has 4 rings (SSSR count). The first kappa shape index (κ1) is 22.0.